The molecule has 0 aromatic heterocycles. The Morgan fingerprint density at radius 2 is 2.32 bits per heavy atom. The maximum absolute atomic E-state index is 5.94. The average Bonchev–Trinajstić information content (AvgIpc) is 2.65. The van der Waals surface area contributed by atoms with Gasteiger partial charge >= 0.3 is 0 Å². The highest BCUT2D eigenvalue weighted by molar-refractivity contribution is 6.03. The molecule has 2 aliphatic rings. The van der Waals surface area contributed by atoms with Gasteiger partial charge in [0, 0.05) is 37.8 Å². The summed E-state index contributed by atoms with van der Waals surface area (Å²) in [4.78, 5) is 11.4. The quantitative estimate of drug-likeness (QED) is 0.574. The molecule has 28 heavy (non-hydrogen) atoms. The van der Waals surface area contributed by atoms with Crippen molar-refractivity contribution >= 4 is 12.1 Å². The van der Waals surface area contributed by atoms with Crippen LogP contribution in [-0.2, 0) is 11.3 Å². The topological polar surface area (TPSA) is 63.2 Å². The van der Waals surface area contributed by atoms with E-state index in [9.17, 15) is 0 Å². The SMILES string of the molecule is C=C(CCN(Cc1cccc(C)c1)C1CCOC2=CCC/C=C\N=C21)N=CN. The number of hydrogen-bond acceptors (Lipinski definition) is 4. The lowest BCUT2D eigenvalue weighted by atomic mass is 9.99. The zero-order valence-electron chi connectivity index (χ0n) is 16.7. The fourth-order valence-corrected chi connectivity index (χ4v) is 3.67. The molecule has 2 heterocycles. The van der Waals surface area contributed by atoms with Crippen LogP contribution in [0.4, 0.5) is 0 Å². The minimum absolute atomic E-state index is 0.206. The van der Waals surface area contributed by atoms with Crippen LogP contribution in [0.3, 0.4) is 0 Å². The van der Waals surface area contributed by atoms with E-state index in [0.29, 0.717) is 6.61 Å². The van der Waals surface area contributed by atoms with Gasteiger partial charge in [0.25, 0.3) is 0 Å². The van der Waals surface area contributed by atoms with Crippen molar-refractivity contribution in [3.8, 4) is 0 Å². The second-order valence-corrected chi connectivity index (χ2v) is 7.25. The molecule has 1 saturated heterocycles. The second-order valence-electron chi connectivity index (χ2n) is 7.25. The van der Waals surface area contributed by atoms with Gasteiger partial charge in [-0.25, -0.2) is 4.99 Å². The lowest BCUT2D eigenvalue weighted by Gasteiger charge is -2.36. The summed E-state index contributed by atoms with van der Waals surface area (Å²) in [6.45, 7) is 8.54. The van der Waals surface area contributed by atoms with Crippen molar-refractivity contribution in [1.82, 2.24) is 4.90 Å². The smallest absolute Gasteiger partial charge is 0.138 e. The first-order valence-corrected chi connectivity index (χ1v) is 9.95. The van der Waals surface area contributed by atoms with Gasteiger partial charge in [0.2, 0.25) is 0 Å². The van der Waals surface area contributed by atoms with Gasteiger partial charge < -0.3 is 10.5 Å². The second kappa shape index (κ2) is 10.0. The molecule has 0 saturated carbocycles. The molecule has 5 nitrogen and oxygen atoms in total. The van der Waals surface area contributed by atoms with Gasteiger partial charge in [-0.1, -0.05) is 42.5 Å². The van der Waals surface area contributed by atoms with Crippen molar-refractivity contribution in [2.45, 2.75) is 45.2 Å². The summed E-state index contributed by atoms with van der Waals surface area (Å²) in [7, 11) is 0. The molecule has 0 aliphatic carbocycles. The Morgan fingerprint density at radius 1 is 1.43 bits per heavy atom. The zero-order valence-corrected chi connectivity index (χ0v) is 16.7. The molecule has 0 radical (unpaired) electrons. The minimum atomic E-state index is 0.206. The van der Waals surface area contributed by atoms with Crippen molar-refractivity contribution in [3.63, 3.8) is 0 Å². The van der Waals surface area contributed by atoms with Gasteiger partial charge in [-0.15, -0.1) is 0 Å². The van der Waals surface area contributed by atoms with E-state index in [4.69, 9.17) is 15.5 Å². The summed E-state index contributed by atoms with van der Waals surface area (Å²) in [5.41, 5.74) is 9.81. The monoisotopic (exact) mass is 378 g/mol. The van der Waals surface area contributed by atoms with Crippen molar-refractivity contribution in [2.24, 2.45) is 15.7 Å². The zero-order chi connectivity index (χ0) is 19.8. The molecule has 148 valence electrons. The highest BCUT2D eigenvalue weighted by Gasteiger charge is 2.31. The number of rotatable bonds is 7. The van der Waals surface area contributed by atoms with E-state index in [1.807, 2.05) is 6.20 Å². The summed E-state index contributed by atoms with van der Waals surface area (Å²) >= 11 is 0. The number of ether oxygens (including phenoxy) is 1. The molecular weight excluding hydrogens is 348 g/mol. The molecule has 2 N–H and O–H groups in total. The Bertz CT molecular complexity index is 807. The van der Waals surface area contributed by atoms with Gasteiger partial charge in [0.15, 0.2) is 0 Å². The molecule has 5 heteroatoms. The Balaban J connectivity index is 1.86. The standard InChI is InChI=1S/C23H30N4O/c1-18-7-6-8-20(15-18)16-27(13-10-19(2)26-17-24)21-11-14-28-22-9-4-3-5-12-25-23(21)22/h5-9,12,15,17,21H,2-4,10-11,13-14,16H2,1H3,(H2,24,26)/b12-5-,22-9?,25-23?. The summed E-state index contributed by atoms with van der Waals surface area (Å²) in [6, 6.07) is 8.88. The van der Waals surface area contributed by atoms with Crippen LogP contribution >= 0.6 is 0 Å². The Labute approximate surface area is 168 Å². The van der Waals surface area contributed by atoms with Crippen LogP contribution in [0.15, 0.2) is 70.6 Å². The van der Waals surface area contributed by atoms with E-state index in [1.165, 1.54) is 17.5 Å². The Morgan fingerprint density at radius 3 is 3.14 bits per heavy atom. The number of aryl methyl sites for hydroxylation is 1. The molecule has 1 unspecified atom stereocenters. The van der Waals surface area contributed by atoms with Crippen LogP contribution in [0.2, 0.25) is 0 Å². The van der Waals surface area contributed by atoms with E-state index >= 15 is 0 Å². The number of hydrogen-bond donors (Lipinski definition) is 1. The third-order valence-corrected chi connectivity index (χ3v) is 5.05. The third kappa shape index (κ3) is 5.42. The number of allylic oxidation sites excluding steroid dienone is 2. The van der Waals surface area contributed by atoms with Gasteiger partial charge in [-0.2, -0.15) is 0 Å². The number of nitrogens with two attached hydrogens (primary N) is 1. The van der Waals surface area contributed by atoms with Crippen LogP contribution in [-0.4, -0.2) is 36.1 Å². The minimum Gasteiger partial charge on any atom is -0.492 e. The lowest BCUT2D eigenvalue weighted by Crippen LogP contribution is -2.45. The number of nitrogens with zero attached hydrogens (tertiary/aromatic N) is 3. The lowest BCUT2D eigenvalue weighted by molar-refractivity contribution is 0.143. The summed E-state index contributed by atoms with van der Waals surface area (Å²) < 4.78 is 5.94. The Hall–Kier alpha value is -2.66. The maximum atomic E-state index is 5.94. The summed E-state index contributed by atoms with van der Waals surface area (Å²) in [5, 5.41) is 0. The number of fused-ring (bicyclic) bond motifs is 1. The molecule has 0 spiro atoms. The average molecular weight is 379 g/mol. The van der Waals surface area contributed by atoms with Crippen LogP contribution < -0.4 is 5.73 Å². The molecule has 1 fully saturated rings. The summed E-state index contributed by atoms with van der Waals surface area (Å²) in [5.74, 6) is 0.939. The highest BCUT2D eigenvalue weighted by Crippen LogP contribution is 2.25. The third-order valence-electron chi connectivity index (χ3n) is 5.05. The van der Waals surface area contributed by atoms with Gasteiger partial charge in [0.1, 0.15) is 5.76 Å². The van der Waals surface area contributed by atoms with E-state index in [2.05, 4.69) is 59.8 Å². The molecule has 2 aliphatic heterocycles. The molecule has 0 amide bonds. The van der Waals surface area contributed by atoms with Gasteiger partial charge in [0.05, 0.1) is 24.7 Å². The number of benzene rings is 1. The first-order chi connectivity index (χ1) is 13.7. The van der Waals surface area contributed by atoms with Gasteiger partial charge in [-0.05, 0) is 31.4 Å². The van der Waals surface area contributed by atoms with Crippen molar-refractivity contribution in [3.05, 3.63) is 71.8 Å². The molecule has 1 aromatic carbocycles. The first-order valence-electron chi connectivity index (χ1n) is 9.95. The predicted molar refractivity (Wildman–Crippen MR) is 116 cm³/mol. The fraction of sp³-hybridized carbons (Fsp3) is 0.391. The van der Waals surface area contributed by atoms with Crippen LogP contribution in [0.25, 0.3) is 0 Å². The highest BCUT2D eigenvalue weighted by atomic mass is 16.5. The fourth-order valence-electron chi connectivity index (χ4n) is 3.67. The predicted octanol–water partition coefficient (Wildman–Crippen LogP) is 4.11. The van der Waals surface area contributed by atoms with Crippen molar-refractivity contribution < 1.29 is 4.74 Å². The van der Waals surface area contributed by atoms with E-state index in [1.54, 1.807) is 0 Å². The van der Waals surface area contributed by atoms with Crippen molar-refractivity contribution in [1.29, 1.82) is 0 Å². The van der Waals surface area contributed by atoms with Gasteiger partial charge in [-0.3, -0.25) is 9.89 Å². The molecule has 1 atom stereocenters. The number of aliphatic imine (C=N–C) groups is 2. The van der Waals surface area contributed by atoms with E-state index in [-0.39, 0.29) is 6.04 Å². The maximum Gasteiger partial charge on any atom is 0.138 e. The van der Waals surface area contributed by atoms with Crippen LogP contribution in [0, 0.1) is 6.92 Å². The molecule has 0 bridgehead atoms. The Kier molecular flexibility index (Phi) is 7.20. The molecule has 1 aromatic rings. The summed E-state index contributed by atoms with van der Waals surface area (Å²) in [6.07, 6.45) is 11.2. The molecular formula is C23H30N4O. The van der Waals surface area contributed by atoms with Crippen LogP contribution in [0.5, 0.6) is 0 Å². The largest absolute Gasteiger partial charge is 0.492 e. The van der Waals surface area contributed by atoms with Crippen molar-refractivity contribution in [2.75, 3.05) is 13.2 Å². The first kappa shape index (κ1) is 20.1. The van der Waals surface area contributed by atoms with E-state index in [0.717, 1.165) is 55.9 Å². The molecule has 3 rings (SSSR count). The van der Waals surface area contributed by atoms with E-state index < -0.39 is 0 Å². The normalized spacial score (nSPS) is 20.6. The van der Waals surface area contributed by atoms with Crippen LogP contribution in [0.1, 0.15) is 36.8 Å².